The zero-order chi connectivity index (χ0) is 40.6. The van der Waals surface area contributed by atoms with Gasteiger partial charge in [0.2, 0.25) is 11.8 Å². The molecular formula is C41H47N15O2. The van der Waals surface area contributed by atoms with E-state index in [-0.39, 0.29) is 23.2 Å². The Labute approximate surface area is 336 Å². The van der Waals surface area contributed by atoms with E-state index >= 15 is 0 Å². The van der Waals surface area contributed by atoms with Crippen molar-refractivity contribution >= 4 is 40.2 Å². The van der Waals surface area contributed by atoms with Crippen LogP contribution in [0.3, 0.4) is 0 Å². The number of nitrogen functional groups attached to an aromatic ring is 1. The predicted molar refractivity (Wildman–Crippen MR) is 216 cm³/mol. The molecule has 0 spiro atoms. The Kier molecular flexibility index (Phi) is 10.5. The molecule has 2 saturated heterocycles. The van der Waals surface area contributed by atoms with Gasteiger partial charge in [0, 0.05) is 55.7 Å². The summed E-state index contributed by atoms with van der Waals surface area (Å²) >= 11 is 0. The standard InChI is InChI=1S/C41H47N15O2/c1-25(18-42)48-32-17-36(56-39-30(20-47-56)16-29(19-43)38(44)50-39)46-22-34(32)55-24-33(51-52-55)28-6-4-27(5-7-28)11-13-53-14-15-54(26(2)23-53)35-9-8-31(21-45-35)41(3)12-10-37(57)49-40(41)58/h8-9,16-17,20-22,24-28H,4-7,10-15,23H2,1-3H3,(H2,44,50)(H,46,48)(H,49,57,58)/t25-,26+,27?,28?,41-/m1/s1. The summed E-state index contributed by atoms with van der Waals surface area (Å²) in [5, 5.41) is 38.9. The number of nitrogens with one attached hydrogen (secondary N) is 2. The lowest BCUT2D eigenvalue weighted by Crippen LogP contribution is -2.52. The highest BCUT2D eigenvalue weighted by Gasteiger charge is 2.40. The number of piperidine rings is 1. The number of anilines is 3. The lowest BCUT2D eigenvalue weighted by Gasteiger charge is -2.41. The summed E-state index contributed by atoms with van der Waals surface area (Å²) in [7, 11) is 0. The van der Waals surface area contributed by atoms with Crippen molar-refractivity contribution in [2.45, 2.75) is 89.1 Å². The van der Waals surface area contributed by atoms with Gasteiger partial charge in [-0.2, -0.15) is 20.3 Å². The van der Waals surface area contributed by atoms with E-state index in [2.05, 4.69) is 58.8 Å². The second-order valence-electron chi connectivity index (χ2n) is 16.1. The topological polar surface area (TPSA) is 225 Å². The number of carbonyl (C=O) groups is 2. The number of aromatic nitrogens is 8. The van der Waals surface area contributed by atoms with Gasteiger partial charge in [0.1, 0.15) is 29.4 Å². The second-order valence-corrected chi connectivity index (χ2v) is 16.1. The van der Waals surface area contributed by atoms with Crippen molar-refractivity contribution in [2.75, 3.05) is 42.1 Å². The fraction of sp³-hybridized carbons (Fsp3) is 0.463. The third kappa shape index (κ3) is 7.53. The molecule has 1 aliphatic carbocycles. The maximum atomic E-state index is 12.6. The van der Waals surface area contributed by atoms with Gasteiger partial charge in [-0.1, -0.05) is 11.3 Å². The van der Waals surface area contributed by atoms with Crippen LogP contribution >= 0.6 is 0 Å². The molecule has 3 aliphatic rings. The highest BCUT2D eigenvalue weighted by atomic mass is 16.2. The minimum atomic E-state index is -0.744. The molecule has 3 fully saturated rings. The van der Waals surface area contributed by atoms with Crippen molar-refractivity contribution in [3.63, 3.8) is 0 Å². The Morgan fingerprint density at radius 1 is 1.07 bits per heavy atom. The van der Waals surface area contributed by atoms with E-state index < -0.39 is 11.5 Å². The van der Waals surface area contributed by atoms with Crippen molar-refractivity contribution in [3.8, 4) is 23.6 Å². The highest BCUT2D eigenvalue weighted by molar-refractivity contribution is 6.03. The number of hydrogen-bond acceptors (Lipinski definition) is 14. The second kappa shape index (κ2) is 15.8. The SMILES string of the molecule is C[C@H](C#N)Nc1cc(-n2ncc3cc(C#N)c(N)nc32)ncc1-n1cc(C2CCC(CCN3CCN(c4ccc([C@@]5(C)CCC(=O)NC5=O)cn4)[C@@H](C)C3)CC2)nn1. The molecule has 5 aromatic heterocycles. The normalized spacial score (nSPS) is 23.3. The van der Waals surface area contributed by atoms with Crippen molar-refractivity contribution < 1.29 is 9.59 Å². The van der Waals surface area contributed by atoms with E-state index in [0.717, 1.165) is 68.9 Å². The molecule has 17 nitrogen and oxygen atoms in total. The zero-order valence-corrected chi connectivity index (χ0v) is 33.0. The maximum absolute atomic E-state index is 12.6. The lowest BCUT2D eigenvalue weighted by atomic mass is 9.76. The van der Waals surface area contributed by atoms with Crippen LogP contribution in [0.5, 0.6) is 0 Å². The number of fused-ring (bicyclic) bond motifs is 1. The van der Waals surface area contributed by atoms with Crippen LogP contribution in [0.1, 0.15) is 88.5 Å². The van der Waals surface area contributed by atoms with E-state index in [4.69, 9.17) is 10.7 Å². The first-order valence-electron chi connectivity index (χ1n) is 20.0. The fourth-order valence-corrected chi connectivity index (χ4v) is 8.58. The van der Waals surface area contributed by atoms with Gasteiger partial charge in [0.05, 0.1) is 47.0 Å². The van der Waals surface area contributed by atoms with E-state index in [0.29, 0.717) is 58.9 Å². The van der Waals surface area contributed by atoms with Crippen LogP contribution in [-0.2, 0) is 15.0 Å². The van der Waals surface area contributed by atoms with Gasteiger partial charge in [-0.15, -0.1) is 5.10 Å². The number of hydrogen-bond donors (Lipinski definition) is 3. The molecular weight excluding hydrogens is 735 g/mol. The Bertz CT molecular complexity index is 2420. The third-order valence-electron chi connectivity index (χ3n) is 12.2. The lowest BCUT2D eigenvalue weighted by molar-refractivity contribution is -0.137. The summed E-state index contributed by atoms with van der Waals surface area (Å²) in [6, 6.07) is 11.5. The summed E-state index contributed by atoms with van der Waals surface area (Å²) in [6.45, 7) is 9.81. The summed E-state index contributed by atoms with van der Waals surface area (Å²) < 4.78 is 3.26. The molecule has 3 atom stereocenters. The largest absolute Gasteiger partial charge is 0.383 e. The van der Waals surface area contributed by atoms with Crippen molar-refractivity contribution in [1.82, 2.24) is 49.9 Å². The minimum absolute atomic E-state index is 0.112. The van der Waals surface area contributed by atoms with Gasteiger partial charge in [-0.25, -0.2) is 19.6 Å². The number of rotatable bonds is 10. The number of piperazine rings is 1. The van der Waals surface area contributed by atoms with Crippen molar-refractivity contribution in [2.24, 2.45) is 5.92 Å². The molecule has 7 heterocycles. The third-order valence-corrected chi connectivity index (χ3v) is 12.2. The Balaban J connectivity index is 0.855. The minimum Gasteiger partial charge on any atom is -0.383 e. The fourth-order valence-electron chi connectivity index (χ4n) is 8.58. The molecule has 298 valence electrons. The molecule has 2 amide bonds. The van der Waals surface area contributed by atoms with E-state index in [9.17, 15) is 20.1 Å². The quantitative estimate of drug-likeness (QED) is 0.169. The first-order valence-corrected chi connectivity index (χ1v) is 20.0. The van der Waals surface area contributed by atoms with E-state index in [1.54, 1.807) is 47.0 Å². The smallest absolute Gasteiger partial charge is 0.236 e. The van der Waals surface area contributed by atoms with Crippen LogP contribution in [0, 0.1) is 28.6 Å². The van der Waals surface area contributed by atoms with Crippen LogP contribution in [0.4, 0.5) is 17.3 Å². The predicted octanol–water partition coefficient (Wildman–Crippen LogP) is 4.14. The van der Waals surface area contributed by atoms with Gasteiger partial charge in [-0.05, 0) is 89.5 Å². The number of nitrogens with zero attached hydrogens (tertiary/aromatic N) is 12. The van der Waals surface area contributed by atoms with Crippen LogP contribution in [-0.4, -0.2) is 94.7 Å². The highest BCUT2D eigenvalue weighted by Crippen LogP contribution is 2.37. The zero-order valence-electron chi connectivity index (χ0n) is 33.0. The molecule has 0 radical (unpaired) electrons. The number of carbonyl (C=O) groups excluding carboxylic acids is 2. The Hall–Kier alpha value is -6.46. The van der Waals surface area contributed by atoms with Crippen molar-refractivity contribution in [1.29, 1.82) is 10.5 Å². The van der Waals surface area contributed by atoms with Crippen LogP contribution in [0.2, 0.25) is 0 Å². The first-order chi connectivity index (χ1) is 28.0. The number of imide groups is 1. The van der Waals surface area contributed by atoms with Gasteiger partial charge in [0.25, 0.3) is 0 Å². The molecule has 4 N–H and O–H groups in total. The molecule has 1 saturated carbocycles. The number of pyridine rings is 3. The van der Waals surface area contributed by atoms with Crippen molar-refractivity contribution in [3.05, 3.63) is 65.9 Å². The van der Waals surface area contributed by atoms with E-state index in [1.807, 2.05) is 31.3 Å². The maximum Gasteiger partial charge on any atom is 0.236 e. The van der Waals surface area contributed by atoms with E-state index in [1.165, 1.54) is 6.42 Å². The molecule has 0 aromatic carbocycles. The summed E-state index contributed by atoms with van der Waals surface area (Å²) in [5.74, 6) is 2.00. The molecule has 0 bridgehead atoms. The van der Waals surface area contributed by atoms with Gasteiger partial charge in [-0.3, -0.25) is 19.8 Å². The summed E-state index contributed by atoms with van der Waals surface area (Å²) in [6.07, 6.45) is 13.4. The monoisotopic (exact) mass is 781 g/mol. The van der Waals surface area contributed by atoms with Crippen LogP contribution in [0.15, 0.2) is 49.1 Å². The first kappa shape index (κ1) is 38.4. The summed E-state index contributed by atoms with van der Waals surface area (Å²) in [5.41, 5.74) is 9.08. The van der Waals surface area contributed by atoms with Crippen LogP contribution < -0.4 is 21.3 Å². The average Bonchev–Trinajstić information content (AvgIpc) is 3.89. The number of nitrogens with two attached hydrogens (primary N) is 1. The van der Waals surface area contributed by atoms with Crippen LogP contribution in [0.25, 0.3) is 22.5 Å². The molecule has 17 heteroatoms. The Morgan fingerprint density at radius 2 is 1.88 bits per heavy atom. The Morgan fingerprint density at radius 3 is 2.60 bits per heavy atom. The summed E-state index contributed by atoms with van der Waals surface area (Å²) in [4.78, 5) is 43.1. The molecule has 5 aromatic rings. The van der Waals surface area contributed by atoms with Gasteiger partial charge >= 0.3 is 0 Å². The van der Waals surface area contributed by atoms with Gasteiger partial charge < -0.3 is 16.0 Å². The molecule has 8 rings (SSSR count). The molecule has 0 unspecified atom stereocenters. The number of nitriles is 2. The number of amides is 2. The average molecular weight is 782 g/mol. The molecule has 2 aliphatic heterocycles. The van der Waals surface area contributed by atoms with Gasteiger partial charge in [0.15, 0.2) is 11.5 Å². The molecule has 58 heavy (non-hydrogen) atoms.